The van der Waals surface area contributed by atoms with Crippen molar-refractivity contribution in [3.8, 4) is 0 Å². The third kappa shape index (κ3) is 7.18. The molecule has 33 heavy (non-hydrogen) atoms. The van der Waals surface area contributed by atoms with Crippen LogP contribution in [0.2, 0.25) is 51.1 Å². The zero-order valence-corrected chi connectivity index (χ0v) is 28.5. The van der Waals surface area contributed by atoms with E-state index in [0.717, 1.165) is 11.3 Å². The summed E-state index contributed by atoms with van der Waals surface area (Å²) in [4.78, 5) is 13.6. The zero-order valence-electron chi connectivity index (χ0n) is 23.6. The van der Waals surface area contributed by atoms with E-state index in [2.05, 4.69) is 112 Å². The van der Waals surface area contributed by atoms with Gasteiger partial charge in [-0.2, -0.15) is 0 Å². The van der Waals surface area contributed by atoms with Crippen LogP contribution in [0.3, 0.4) is 0 Å². The summed E-state index contributed by atoms with van der Waals surface area (Å²) in [6.07, 6.45) is 0.717. The van der Waals surface area contributed by atoms with Crippen molar-refractivity contribution in [1.29, 1.82) is 0 Å². The van der Waals surface area contributed by atoms with Gasteiger partial charge in [-0.15, -0.1) is 0 Å². The normalized spacial score (nSPS) is 17.7. The van der Waals surface area contributed by atoms with Crippen molar-refractivity contribution < 1.29 is 13.7 Å². The second-order valence-electron chi connectivity index (χ2n) is 13.9. The summed E-state index contributed by atoms with van der Waals surface area (Å²) < 4.78 is 14.9. The summed E-state index contributed by atoms with van der Waals surface area (Å²) in [6.45, 7) is 23.9. The minimum atomic E-state index is -2.08. The van der Waals surface area contributed by atoms with Crippen LogP contribution in [-0.2, 0) is 13.7 Å². The van der Waals surface area contributed by atoms with E-state index >= 15 is 0 Å². The molecular weight excluding hydrogens is 549 g/mol. The van der Waals surface area contributed by atoms with Gasteiger partial charge in [-0.25, -0.2) is 0 Å². The Morgan fingerprint density at radius 2 is 1.27 bits per heavy atom. The van der Waals surface area contributed by atoms with Gasteiger partial charge < -0.3 is 0 Å². The Labute approximate surface area is 210 Å². The molecular formula is C26H49NO3Si2Sn. The van der Waals surface area contributed by atoms with Gasteiger partial charge in [0.2, 0.25) is 0 Å². The Bertz CT molecular complexity index is 814. The number of rotatable bonds is 8. The second-order valence-corrected chi connectivity index (χ2v) is 38.0. The van der Waals surface area contributed by atoms with Crippen molar-refractivity contribution in [2.45, 2.75) is 105 Å². The molecule has 0 saturated heterocycles. The maximum atomic E-state index is 6.66. The standard InChI is InChI=1S/C23H40NO3Si2.3CH3.Sn/c1-21(2,3)28(7,8)25-17-23(18-26-29(9,10)22(4,5)6)16-20(24-27-23)19-14-12-11-13-15-19;;;;/h12-15H,16-18H2,1-10H3;3*1H3;. The molecule has 0 N–H and O–H groups in total. The average molecular weight is 599 g/mol. The molecule has 4 nitrogen and oxygen atoms in total. The van der Waals surface area contributed by atoms with Crippen LogP contribution in [-0.4, -0.2) is 59.5 Å². The average Bonchev–Trinajstić information content (AvgIpc) is 3.08. The van der Waals surface area contributed by atoms with Gasteiger partial charge in [0.25, 0.3) is 0 Å². The number of oxime groups is 1. The first-order valence-electron chi connectivity index (χ1n) is 12.3. The van der Waals surface area contributed by atoms with E-state index in [0.29, 0.717) is 19.6 Å². The molecule has 0 bridgehead atoms. The summed E-state index contributed by atoms with van der Waals surface area (Å²) in [6, 6.07) is 9.04. The Morgan fingerprint density at radius 3 is 1.64 bits per heavy atom. The Morgan fingerprint density at radius 1 is 0.848 bits per heavy atom. The Balaban J connectivity index is 2.26. The third-order valence-electron chi connectivity index (χ3n) is 7.93. The molecule has 0 aromatic heterocycles. The Kier molecular flexibility index (Phi) is 8.56. The summed E-state index contributed by atoms with van der Waals surface area (Å²) in [7, 11) is -3.86. The molecule has 2 rings (SSSR count). The van der Waals surface area contributed by atoms with E-state index in [1.165, 1.54) is 3.58 Å². The first kappa shape index (κ1) is 29.1. The van der Waals surface area contributed by atoms with Crippen molar-refractivity contribution in [1.82, 2.24) is 0 Å². The zero-order chi connectivity index (χ0) is 25.5. The van der Waals surface area contributed by atoms with E-state index < -0.39 is 40.6 Å². The van der Waals surface area contributed by atoms with Crippen LogP contribution in [0.25, 0.3) is 0 Å². The molecule has 0 fully saturated rings. The fourth-order valence-corrected chi connectivity index (χ4v) is 8.54. The molecule has 7 heteroatoms. The van der Waals surface area contributed by atoms with Gasteiger partial charge in [-0.1, -0.05) is 0 Å². The van der Waals surface area contributed by atoms with Crippen molar-refractivity contribution in [2.75, 3.05) is 13.2 Å². The first-order valence-corrected chi connectivity index (χ1v) is 28.1. The van der Waals surface area contributed by atoms with Crippen LogP contribution in [0.4, 0.5) is 0 Å². The number of nitrogens with zero attached hydrogens (tertiary/aromatic N) is 1. The SMILES string of the molecule is CC(C)(C)[Si](C)(C)OCC1(CO[Si](C)(C)C(C)(C)C)CC(c2cc[c]([Sn]([CH3])([CH3])[CH3])cc2)=NO1. The molecule has 1 heterocycles. The van der Waals surface area contributed by atoms with Gasteiger partial charge in [0.1, 0.15) is 0 Å². The predicted molar refractivity (Wildman–Crippen MR) is 151 cm³/mol. The van der Waals surface area contributed by atoms with E-state index in [1.807, 2.05) is 0 Å². The molecule has 1 aromatic carbocycles. The Hall–Kier alpha value is -0.158. The summed E-state index contributed by atoms with van der Waals surface area (Å²) in [5.74, 6) is 0. The molecule has 0 radical (unpaired) electrons. The minimum absolute atomic E-state index is 0.144. The quantitative estimate of drug-likeness (QED) is 0.299. The topological polar surface area (TPSA) is 40.0 Å². The van der Waals surface area contributed by atoms with Gasteiger partial charge in [-0.05, 0) is 0 Å². The van der Waals surface area contributed by atoms with Gasteiger partial charge in [0.05, 0.1) is 0 Å². The fourth-order valence-electron chi connectivity index (χ4n) is 3.09. The van der Waals surface area contributed by atoms with E-state index in [4.69, 9.17) is 13.7 Å². The van der Waals surface area contributed by atoms with Crippen LogP contribution >= 0.6 is 0 Å². The van der Waals surface area contributed by atoms with Crippen molar-refractivity contribution in [3.05, 3.63) is 29.8 Å². The number of benzene rings is 1. The summed E-state index contributed by atoms with van der Waals surface area (Å²) in [5.41, 5.74) is 1.58. The number of hydrogen-bond acceptors (Lipinski definition) is 4. The molecule has 1 aromatic rings. The van der Waals surface area contributed by atoms with Crippen molar-refractivity contribution in [3.63, 3.8) is 0 Å². The molecule has 188 valence electrons. The van der Waals surface area contributed by atoms with Crippen LogP contribution in [0.1, 0.15) is 53.5 Å². The fraction of sp³-hybridized carbons (Fsp3) is 0.731. The van der Waals surface area contributed by atoms with E-state index in [9.17, 15) is 0 Å². The molecule has 0 unspecified atom stereocenters. The predicted octanol–water partition coefficient (Wildman–Crippen LogP) is 7.14. The summed E-state index contributed by atoms with van der Waals surface area (Å²) in [5, 5.41) is 4.87. The van der Waals surface area contributed by atoms with Crippen LogP contribution < -0.4 is 3.58 Å². The molecule has 0 aliphatic carbocycles. The monoisotopic (exact) mass is 599 g/mol. The van der Waals surface area contributed by atoms with Crippen molar-refractivity contribution in [2.24, 2.45) is 5.16 Å². The first-order chi connectivity index (χ1) is 14.7. The maximum absolute atomic E-state index is 6.66. The van der Waals surface area contributed by atoms with Gasteiger partial charge in [0.15, 0.2) is 0 Å². The third-order valence-corrected chi connectivity index (χ3v) is 22.8. The van der Waals surface area contributed by atoms with E-state index in [1.54, 1.807) is 0 Å². The summed E-state index contributed by atoms with van der Waals surface area (Å²) >= 11 is -2.08. The van der Waals surface area contributed by atoms with Crippen LogP contribution in [0.5, 0.6) is 0 Å². The molecule has 0 spiro atoms. The molecule has 0 saturated carbocycles. The molecule has 1 aliphatic rings. The van der Waals surface area contributed by atoms with Crippen molar-refractivity contribution >= 4 is 44.3 Å². The second kappa shape index (κ2) is 9.71. The number of hydrogen-bond donors (Lipinski definition) is 0. The molecule has 0 amide bonds. The van der Waals surface area contributed by atoms with Gasteiger partial charge in [-0.3, -0.25) is 0 Å². The van der Waals surface area contributed by atoms with Gasteiger partial charge in [0, 0.05) is 0 Å². The van der Waals surface area contributed by atoms with Gasteiger partial charge >= 0.3 is 211 Å². The van der Waals surface area contributed by atoms with E-state index in [-0.39, 0.29) is 10.1 Å². The molecule has 0 atom stereocenters. The van der Waals surface area contributed by atoms with Crippen LogP contribution in [0.15, 0.2) is 29.4 Å². The van der Waals surface area contributed by atoms with Crippen LogP contribution in [0, 0.1) is 0 Å². The molecule has 1 aliphatic heterocycles.